The van der Waals surface area contributed by atoms with Gasteiger partial charge in [0.2, 0.25) is 0 Å². The lowest BCUT2D eigenvalue weighted by molar-refractivity contribution is 0.0697. The highest BCUT2D eigenvalue weighted by Crippen LogP contribution is 2.34. The quantitative estimate of drug-likeness (QED) is 0.533. The SMILES string of the molecule is CCCOc1c(I)cc(CNc2cccc(C(=O)O)c2)cc1OCC. The molecule has 5 nitrogen and oxygen atoms in total. The molecule has 0 fully saturated rings. The average Bonchev–Trinajstić information content (AvgIpc) is 2.60. The zero-order valence-electron chi connectivity index (χ0n) is 14.3. The maximum atomic E-state index is 11.1. The second-order valence-corrected chi connectivity index (χ2v) is 6.59. The van der Waals surface area contributed by atoms with Gasteiger partial charge in [0.25, 0.3) is 0 Å². The molecule has 0 heterocycles. The summed E-state index contributed by atoms with van der Waals surface area (Å²) in [7, 11) is 0. The number of benzene rings is 2. The molecule has 0 saturated heterocycles. The van der Waals surface area contributed by atoms with Crippen molar-refractivity contribution in [2.75, 3.05) is 18.5 Å². The van der Waals surface area contributed by atoms with Crippen molar-refractivity contribution in [3.05, 3.63) is 51.1 Å². The van der Waals surface area contributed by atoms with E-state index in [1.165, 1.54) is 0 Å². The van der Waals surface area contributed by atoms with Gasteiger partial charge in [0.15, 0.2) is 11.5 Å². The van der Waals surface area contributed by atoms with E-state index in [2.05, 4.69) is 34.8 Å². The van der Waals surface area contributed by atoms with Crippen molar-refractivity contribution >= 4 is 34.2 Å². The van der Waals surface area contributed by atoms with Gasteiger partial charge in [0.1, 0.15) is 0 Å². The van der Waals surface area contributed by atoms with Crippen LogP contribution < -0.4 is 14.8 Å². The zero-order chi connectivity index (χ0) is 18.2. The summed E-state index contributed by atoms with van der Waals surface area (Å²) in [6.45, 7) is 5.79. The fourth-order valence-electron chi connectivity index (χ4n) is 2.30. The molecule has 6 heteroatoms. The normalized spacial score (nSPS) is 10.4. The molecule has 0 unspecified atom stereocenters. The van der Waals surface area contributed by atoms with Gasteiger partial charge in [-0.25, -0.2) is 4.79 Å². The number of hydrogen-bond donors (Lipinski definition) is 2. The molecule has 0 spiro atoms. The average molecular weight is 455 g/mol. The van der Waals surface area contributed by atoms with Crippen LogP contribution in [0.5, 0.6) is 11.5 Å². The number of aromatic carboxylic acids is 1. The minimum atomic E-state index is -0.936. The minimum absolute atomic E-state index is 0.262. The maximum Gasteiger partial charge on any atom is 0.335 e. The van der Waals surface area contributed by atoms with E-state index in [9.17, 15) is 4.79 Å². The van der Waals surface area contributed by atoms with E-state index in [-0.39, 0.29) is 5.56 Å². The van der Waals surface area contributed by atoms with Crippen molar-refractivity contribution in [3.8, 4) is 11.5 Å². The van der Waals surface area contributed by atoms with Crippen molar-refractivity contribution < 1.29 is 19.4 Å². The van der Waals surface area contributed by atoms with Crippen molar-refractivity contribution in [2.24, 2.45) is 0 Å². The highest BCUT2D eigenvalue weighted by molar-refractivity contribution is 14.1. The first kappa shape index (κ1) is 19.4. The monoisotopic (exact) mass is 455 g/mol. The molecule has 0 amide bonds. The van der Waals surface area contributed by atoms with Gasteiger partial charge in [-0.1, -0.05) is 13.0 Å². The zero-order valence-corrected chi connectivity index (χ0v) is 16.5. The van der Waals surface area contributed by atoms with Gasteiger partial charge in [0, 0.05) is 12.2 Å². The van der Waals surface area contributed by atoms with Gasteiger partial charge in [-0.15, -0.1) is 0 Å². The van der Waals surface area contributed by atoms with Crippen molar-refractivity contribution in [3.63, 3.8) is 0 Å². The largest absolute Gasteiger partial charge is 0.490 e. The maximum absolute atomic E-state index is 11.1. The fraction of sp³-hybridized carbons (Fsp3) is 0.316. The second kappa shape index (κ2) is 9.50. The molecule has 0 aliphatic rings. The Kier molecular flexibility index (Phi) is 7.36. The van der Waals surface area contributed by atoms with Crippen LogP contribution in [0.2, 0.25) is 0 Å². The molecule has 134 valence electrons. The lowest BCUT2D eigenvalue weighted by Crippen LogP contribution is -2.05. The Morgan fingerprint density at radius 2 is 2.00 bits per heavy atom. The fourth-order valence-corrected chi connectivity index (χ4v) is 3.12. The molecule has 0 radical (unpaired) electrons. The molecular weight excluding hydrogens is 433 g/mol. The number of halogens is 1. The molecule has 0 bridgehead atoms. The molecule has 2 rings (SSSR count). The van der Waals surface area contributed by atoms with Crippen LogP contribution in [0.3, 0.4) is 0 Å². The van der Waals surface area contributed by atoms with Gasteiger partial charge in [-0.2, -0.15) is 0 Å². The highest BCUT2D eigenvalue weighted by atomic mass is 127. The Labute approximate surface area is 161 Å². The van der Waals surface area contributed by atoms with Gasteiger partial charge < -0.3 is 19.9 Å². The van der Waals surface area contributed by atoms with Crippen LogP contribution in [0.25, 0.3) is 0 Å². The number of rotatable bonds is 9. The smallest absolute Gasteiger partial charge is 0.335 e. The van der Waals surface area contributed by atoms with Gasteiger partial charge in [-0.3, -0.25) is 0 Å². The Balaban J connectivity index is 2.16. The van der Waals surface area contributed by atoms with Crippen LogP contribution >= 0.6 is 22.6 Å². The summed E-state index contributed by atoms with van der Waals surface area (Å²) in [5.41, 5.74) is 2.06. The van der Waals surface area contributed by atoms with E-state index in [0.29, 0.717) is 19.8 Å². The van der Waals surface area contributed by atoms with E-state index in [0.717, 1.165) is 32.7 Å². The first-order chi connectivity index (χ1) is 12.0. The third-order valence-electron chi connectivity index (χ3n) is 3.43. The van der Waals surface area contributed by atoms with Crippen LogP contribution in [0.1, 0.15) is 36.2 Å². The van der Waals surface area contributed by atoms with Gasteiger partial charge in [-0.05, 0) is 71.8 Å². The van der Waals surface area contributed by atoms with E-state index in [1.807, 2.05) is 25.1 Å². The Morgan fingerprint density at radius 3 is 2.68 bits per heavy atom. The van der Waals surface area contributed by atoms with E-state index in [1.54, 1.807) is 18.2 Å². The van der Waals surface area contributed by atoms with Gasteiger partial charge >= 0.3 is 5.97 Å². The van der Waals surface area contributed by atoms with E-state index in [4.69, 9.17) is 14.6 Å². The van der Waals surface area contributed by atoms with Crippen LogP contribution in [-0.4, -0.2) is 24.3 Å². The number of carboxylic acid groups (broad SMARTS) is 1. The van der Waals surface area contributed by atoms with Crippen LogP contribution in [0, 0.1) is 3.57 Å². The predicted octanol–water partition coefficient (Wildman–Crippen LogP) is 4.79. The molecular formula is C19H22INO4. The summed E-state index contributed by atoms with van der Waals surface area (Å²) in [4.78, 5) is 11.1. The molecule has 0 aromatic heterocycles. The summed E-state index contributed by atoms with van der Waals surface area (Å²) in [5.74, 6) is 0.578. The Bertz CT molecular complexity index is 733. The molecule has 0 aliphatic heterocycles. The van der Waals surface area contributed by atoms with E-state index >= 15 is 0 Å². The molecule has 0 aliphatic carbocycles. The number of carboxylic acids is 1. The summed E-state index contributed by atoms with van der Waals surface area (Å²) >= 11 is 2.25. The highest BCUT2D eigenvalue weighted by Gasteiger charge is 2.12. The standard InChI is InChI=1S/C19H22INO4/c1-3-8-25-18-16(20)9-13(10-17(18)24-4-2)12-21-15-7-5-6-14(11-15)19(22)23/h5-7,9-11,21H,3-4,8,12H2,1-2H3,(H,22,23). The number of hydrogen-bond acceptors (Lipinski definition) is 4. The number of anilines is 1. The number of ether oxygens (including phenoxy) is 2. The molecule has 2 N–H and O–H groups in total. The summed E-state index contributed by atoms with van der Waals surface area (Å²) in [5, 5.41) is 12.3. The molecule has 0 atom stereocenters. The molecule has 2 aromatic carbocycles. The van der Waals surface area contributed by atoms with Crippen molar-refractivity contribution in [1.82, 2.24) is 0 Å². The first-order valence-electron chi connectivity index (χ1n) is 8.20. The summed E-state index contributed by atoms with van der Waals surface area (Å²) in [6, 6.07) is 10.8. The van der Waals surface area contributed by atoms with Crippen molar-refractivity contribution in [2.45, 2.75) is 26.8 Å². The molecule has 0 saturated carbocycles. The van der Waals surface area contributed by atoms with Gasteiger partial charge in [0.05, 0.1) is 22.3 Å². The first-order valence-corrected chi connectivity index (χ1v) is 9.28. The third kappa shape index (κ3) is 5.52. The summed E-state index contributed by atoms with van der Waals surface area (Å²) < 4.78 is 12.5. The lowest BCUT2D eigenvalue weighted by atomic mass is 10.1. The van der Waals surface area contributed by atoms with Crippen LogP contribution in [-0.2, 0) is 6.54 Å². The van der Waals surface area contributed by atoms with Crippen molar-refractivity contribution in [1.29, 1.82) is 0 Å². The minimum Gasteiger partial charge on any atom is -0.490 e. The van der Waals surface area contributed by atoms with Crippen LogP contribution in [0.15, 0.2) is 36.4 Å². The number of carbonyl (C=O) groups is 1. The van der Waals surface area contributed by atoms with Crippen LogP contribution in [0.4, 0.5) is 5.69 Å². The Morgan fingerprint density at radius 1 is 1.20 bits per heavy atom. The topological polar surface area (TPSA) is 67.8 Å². The number of nitrogens with one attached hydrogen (secondary N) is 1. The third-order valence-corrected chi connectivity index (χ3v) is 4.23. The Hall–Kier alpha value is -1.96. The van der Waals surface area contributed by atoms with E-state index < -0.39 is 5.97 Å². The molecule has 25 heavy (non-hydrogen) atoms. The second-order valence-electron chi connectivity index (χ2n) is 5.43. The predicted molar refractivity (Wildman–Crippen MR) is 107 cm³/mol. The summed E-state index contributed by atoms with van der Waals surface area (Å²) in [6.07, 6.45) is 0.935. The molecule has 2 aromatic rings. The lowest BCUT2D eigenvalue weighted by Gasteiger charge is -2.16.